The standard InChI is InChI=1S/C23H35FO4Si/c1-10-26-21(25)18-20-23(18,7)17-15(11-12-16(24)19(17)27-20)13(2)14(3)28-29(8,9)22(4,5)6/h11-14,18,20H,10H2,1-9H3. The number of rotatable bonds is 6. The lowest BCUT2D eigenvalue weighted by Gasteiger charge is -2.40. The van der Waals surface area contributed by atoms with Crippen LogP contribution in [0.5, 0.6) is 5.75 Å². The van der Waals surface area contributed by atoms with Crippen LogP contribution in [-0.4, -0.2) is 33.1 Å². The fourth-order valence-electron chi connectivity index (χ4n) is 4.31. The smallest absolute Gasteiger partial charge is 0.313 e. The summed E-state index contributed by atoms with van der Waals surface area (Å²) in [5.41, 5.74) is 1.28. The van der Waals surface area contributed by atoms with E-state index in [9.17, 15) is 9.18 Å². The van der Waals surface area contributed by atoms with E-state index >= 15 is 0 Å². The highest BCUT2D eigenvalue weighted by Gasteiger charge is 2.74. The van der Waals surface area contributed by atoms with Gasteiger partial charge >= 0.3 is 5.97 Å². The van der Waals surface area contributed by atoms with E-state index in [1.165, 1.54) is 6.07 Å². The van der Waals surface area contributed by atoms with Crippen molar-refractivity contribution in [2.24, 2.45) is 5.92 Å². The molecule has 1 aliphatic carbocycles. The molecule has 0 radical (unpaired) electrons. The highest BCUT2D eigenvalue weighted by Crippen LogP contribution is 2.65. The average molecular weight is 423 g/mol. The highest BCUT2D eigenvalue weighted by atomic mass is 28.4. The van der Waals surface area contributed by atoms with Crippen molar-refractivity contribution in [3.05, 3.63) is 29.1 Å². The number of ether oxygens (including phenoxy) is 2. The van der Waals surface area contributed by atoms with Crippen LogP contribution in [0.1, 0.15) is 65.5 Å². The second-order valence-corrected chi connectivity index (χ2v) is 15.0. The van der Waals surface area contributed by atoms with Crippen LogP contribution < -0.4 is 4.74 Å². The van der Waals surface area contributed by atoms with Gasteiger partial charge in [0.2, 0.25) is 0 Å². The number of esters is 1. The summed E-state index contributed by atoms with van der Waals surface area (Å²) in [6.07, 6.45) is -0.385. The van der Waals surface area contributed by atoms with E-state index in [-0.39, 0.29) is 40.9 Å². The van der Waals surface area contributed by atoms with Gasteiger partial charge in [-0.3, -0.25) is 4.79 Å². The number of carbonyl (C=O) groups excluding carboxylic acids is 1. The van der Waals surface area contributed by atoms with E-state index in [0.29, 0.717) is 12.4 Å². The van der Waals surface area contributed by atoms with Crippen LogP contribution in [0.2, 0.25) is 18.1 Å². The molecule has 0 N–H and O–H groups in total. The van der Waals surface area contributed by atoms with Gasteiger partial charge in [-0.05, 0) is 43.6 Å². The van der Waals surface area contributed by atoms with Gasteiger partial charge in [-0.1, -0.05) is 40.7 Å². The van der Waals surface area contributed by atoms with E-state index in [4.69, 9.17) is 13.9 Å². The zero-order chi connectivity index (χ0) is 21.9. The quantitative estimate of drug-likeness (QED) is 0.445. The maximum Gasteiger partial charge on any atom is 0.313 e. The Bertz CT molecular complexity index is 816. The first-order chi connectivity index (χ1) is 13.3. The molecule has 1 aromatic carbocycles. The predicted octanol–water partition coefficient (Wildman–Crippen LogP) is 5.55. The molecule has 1 aliphatic heterocycles. The molecule has 5 unspecified atom stereocenters. The Hall–Kier alpha value is -1.40. The molecule has 0 amide bonds. The van der Waals surface area contributed by atoms with Gasteiger partial charge < -0.3 is 13.9 Å². The second-order valence-electron chi connectivity index (χ2n) is 10.3. The number of hydrogen-bond acceptors (Lipinski definition) is 4. The molecule has 1 heterocycles. The number of halogens is 1. The van der Waals surface area contributed by atoms with Crippen molar-refractivity contribution in [1.29, 1.82) is 0 Å². The summed E-state index contributed by atoms with van der Waals surface area (Å²) in [4.78, 5) is 12.4. The highest BCUT2D eigenvalue weighted by molar-refractivity contribution is 6.74. The Morgan fingerprint density at radius 1 is 1.31 bits per heavy atom. The molecule has 0 aromatic heterocycles. The lowest BCUT2D eigenvalue weighted by molar-refractivity contribution is -0.145. The SMILES string of the molecule is CCOC(=O)C1C2Oc3c(F)ccc(C(C)C(C)O[Si](C)(C)C(C)(C)C)c3C21C. The van der Waals surface area contributed by atoms with Gasteiger partial charge in [0.05, 0.1) is 12.0 Å². The Morgan fingerprint density at radius 3 is 2.48 bits per heavy atom. The maximum absolute atomic E-state index is 14.5. The summed E-state index contributed by atoms with van der Waals surface area (Å²) in [5, 5.41) is 0.109. The van der Waals surface area contributed by atoms with E-state index in [0.717, 1.165) is 11.1 Å². The fourth-order valence-corrected chi connectivity index (χ4v) is 5.80. The Morgan fingerprint density at radius 2 is 1.93 bits per heavy atom. The molecule has 3 rings (SSSR count). The maximum atomic E-state index is 14.5. The van der Waals surface area contributed by atoms with Gasteiger partial charge in [-0.25, -0.2) is 4.39 Å². The Balaban J connectivity index is 1.93. The van der Waals surface area contributed by atoms with Crippen LogP contribution in [0.15, 0.2) is 12.1 Å². The summed E-state index contributed by atoms with van der Waals surface area (Å²) in [6, 6.07) is 3.30. The molecule has 1 saturated carbocycles. The summed E-state index contributed by atoms with van der Waals surface area (Å²) in [7, 11) is -1.95. The first-order valence-corrected chi connectivity index (χ1v) is 13.5. The normalized spacial score (nSPS) is 27.5. The van der Waals surface area contributed by atoms with Gasteiger partial charge in [0, 0.05) is 17.6 Å². The zero-order valence-corrected chi connectivity index (χ0v) is 20.2. The van der Waals surface area contributed by atoms with Crippen molar-refractivity contribution < 1.29 is 23.1 Å². The van der Waals surface area contributed by atoms with Crippen molar-refractivity contribution in [2.75, 3.05) is 6.61 Å². The van der Waals surface area contributed by atoms with Crippen LogP contribution in [0.3, 0.4) is 0 Å². The molecule has 0 bridgehead atoms. The van der Waals surface area contributed by atoms with Crippen molar-refractivity contribution in [2.45, 2.75) is 90.1 Å². The van der Waals surface area contributed by atoms with Gasteiger partial charge in [0.25, 0.3) is 0 Å². The number of benzene rings is 1. The average Bonchev–Trinajstić information content (AvgIpc) is 3.07. The molecule has 29 heavy (non-hydrogen) atoms. The van der Waals surface area contributed by atoms with Crippen LogP contribution in [0.25, 0.3) is 0 Å². The van der Waals surface area contributed by atoms with Crippen molar-refractivity contribution >= 4 is 14.3 Å². The third kappa shape index (κ3) is 3.42. The topological polar surface area (TPSA) is 44.8 Å². The van der Waals surface area contributed by atoms with Crippen molar-refractivity contribution in [3.63, 3.8) is 0 Å². The lowest BCUT2D eigenvalue weighted by atomic mass is 9.83. The van der Waals surface area contributed by atoms with Gasteiger partial charge in [-0.2, -0.15) is 0 Å². The fraction of sp³-hybridized carbons (Fsp3) is 0.696. The summed E-state index contributed by atoms with van der Waals surface area (Å²) >= 11 is 0. The second kappa shape index (κ2) is 7.08. The molecule has 2 aliphatic rings. The van der Waals surface area contributed by atoms with Crippen LogP contribution in [-0.2, 0) is 19.4 Å². The molecule has 162 valence electrons. The summed E-state index contributed by atoms with van der Waals surface area (Å²) in [6.45, 7) is 19.5. The van der Waals surface area contributed by atoms with Crippen LogP contribution >= 0.6 is 0 Å². The number of fused-ring (bicyclic) bond motifs is 3. The molecular weight excluding hydrogens is 387 g/mol. The van der Waals surface area contributed by atoms with Crippen molar-refractivity contribution in [3.8, 4) is 5.75 Å². The molecule has 6 heteroatoms. The molecule has 0 spiro atoms. The summed E-state index contributed by atoms with van der Waals surface area (Å²) < 4.78 is 32.3. The van der Waals surface area contributed by atoms with E-state index in [1.807, 2.05) is 13.0 Å². The van der Waals surface area contributed by atoms with Gasteiger partial charge in [-0.15, -0.1) is 0 Å². The summed E-state index contributed by atoms with van der Waals surface area (Å²) in [5.74, 6) is -0.675. The first-order valence-electron chi connectivity index (χ1n) is 10.6. The van der Waals surface area contributed by atoms with Crippen molar-refractivity contribution in [1.82, 2.24) is 0 Å². The molecule has 5 atom stereocenters. The van der Waals surface area contributed by atoms with E-state index < -0.39 is 13.7 Å². The zero-order valence-electron chi connectivity index (χ0n) is 19.2. The van der Waals surface area contributed by atoms with Crippen LogP contribution in [0.4, 0.5) is 4.39 Å². The minimum absolute atomic E-state index is 0.0344. The Kier molecular flexibility index (Phi) is 5.44. The number of carbonyl (C=O) groups is 1. The molecular formula is C23H35FO4Si. The molecule has 1 fully saturated rings. The minimum Gasteiger partial charge on any atom is -0.485 e. The minimum atomic E-state index is -1.95. The third-order valence-electron chi connectivity index (χ3n) is 7.38. The first kappa shape index (κ1) is 22.3. The molecule has 0 saturated heterocycles. The van der Waals surface area contributed by atoms with E-state index in [1.54, 1.807) is 6.92 Å². The van der Waals surface area contributed by atoms with Crippen LogP contribution in [0, 0.1) is 11.7 Å². The van der Waals surface area contributed by atoms with Gasteiger partial charge in [0.1, 0.15) is 12.0 Å². The van der Waals surface area contributed by atoms with Gasteiger partial charge in [0.15, 0.2) is 19.9 Å². The largest absolute Gasteiger partial charge is 0.485 e. The Labute approximate surface area is 175 Å². The van der Waals surface area contributed by atoms with E-state index in [2.05, 4.69) is 47.7 Å². The third-order valence-corrected chi connectivity index (χ3v) is 12.0. The monoisotopic (exact) mass is 422 g/mol. The predicted molar refractivity (Wildman–Crippen MR) is 114 cm³/mol. The lowest BCUT2D eigenvalue weighted by Crippen LogP contribution is -2.44. The number of hydrogen-bond donors (Lipinski definition) is 0. The molecule has 4 nitrogen and oxygen atoms in total. The molecule has 1 aromatic rings.